The van der Waals surface area contributed by atoms with Gasteiger partial charge in [0, 0.05) is 5.39 Å². The van der Waals surface area contributed by atoms with E-state index in [4.69, 9.17) is 9.15 Å². The van der Waals surface area contributed by atoms with Crippen molar-refractivity contribution < 1.29 is 9.15 Å². The number of furan rings is 1. The Kier molecular flexibility index (Phi) is 4.22. The van der Waals surface area contributed by atoms with Gasteiger partial charge in [-0.15, -0.1) is 0 Å². The molecule has 1 heterocycles. The van der Waals surface area contributed by atoms with E-state index < -0.39 is 0 Å². The zero-order chi connectivity index (χ0) is 14.5. The third-order valence-electron chi connectivity index (χ3n) is 3.53. The topological polar surface area (TPSA) is 34.4 Å². The number of rotatable bonds is 6. The molecule has 1 aromatic heterocycles. The Bertz CT molecular complexity index is 668. The Morgan fingerprint density at radius 3 is 2.62 bits per heavy atom. The molecule has 0 atom stereocenters. The molecule has 1 N–H and O–H groups in total. The maximum absolute atomic E-state index is 5.77. The highest BCUT2D eigenvalue weighted by Crippen LogP contribution is 2.18. The molecular weight excluding hydrogens is 262 g/mol. The quantitative estimate of drug-likeness (QED) is 0.698. The van der Waals surface area contributed by atoms with E-state index in [1.807, 2.05) is 30.3 Å². The lowest BCUT2D eigenvalue weighted by molar-refractivity contribution is 0.414. The summed E-state index contributed by atoms with van der Waals surface area (Å²) in [5, 5.41) is 4.57. The highest BCUT2D eigenvalue weighted by atomic mass is 16.5. The van der Waals surface area contributed by atoms with E-state index in [0.29, 0.717) is 0 Å². The van der Waals surface area contributed by atoms with Gasteiger partial charge in [-0.2, -0.15) is 0 Å². The van der Waals surface area contributed by atoms with Crippen LogP contribution >= 0.6 is 0 Å². The van der Waals surface area contributed by atoms with Gasteiger partial charge < -0.3 is 14.5 Å². The van der Waals surface area contributed by atoms with Crippen molar-refractivity contribution in [2.45, 2.75) is 13.0 Å². The average Bonchev–Trinajstić information content (AvgIpc) is 2.95. The summed E-state index contributed by atoms with van der Waals surface area (Å²) in [6, 6.07) is 18.4. The molecule has 21 heavy (non-hydrogen) atoms. The third-order valence-corrected chi connectivity index (χ3v) is 3.53. The van der Waals surface area contributed by atoms with Crippen LogP contribution in [-0.4, -0.2) is 13.7 Å². The second kappa shape index (κ2) is 6.46. The maximum atomic E-state index is 5.77. The molecule has 3 nitrogen and oxygen atoms in total. The lowest BCUT2D eigenvalue weighted by Gasteiger charge is -2.04. The second-order valence-corrected chi connectivity index (χ2v) is 5.03. The van der Waals surface area contributed by atoms with Crippen LogP contribution < -0.4 is 10.1 Å². The first-order valence-corrected chi connectivity index (χ1v) is 7.16. The highest BCUT2D eigenvalue weighted by molar-refractivity contribution is 5.77. The van der Waals surface area contributed by atoms with Crippen LogP contribution in [0.3, 0.4) is 0 Å². The van der Waals surface area contributed by atoms with Gasteiger partial charge in [0.1, 0.15) is 17.1 Å². The molecule has 0 aliphatic heterocycles. The normalized spacial score (nSPS) is 10.9. The minimum atomic E-state index is 0.755. The lowest BCUT2D eigenvalue weighted by atomic mass is 10.1. The van der Waals surface area contributed by atoms with Gasteiger partial charge >= 0.3 is 0 Å². The van der Waals surface area contributed by atoms with Crippen molar-refractivity contribution in [3.8, 4) is 5.75 Å². The minimum Gasteiger partial charge on any atom is -0.497 e. The first-order chi connectivity index (χ1) is 10.3. The molecular formula is C18H19NO2. The van der Waals surface area contributed by atoms with Crippen LogP contribution in [0.5, 0.6) is 5.75 Å². The molecule has 3 rings (SSSR count). The zero-order valence-electron chi connectivity index (χ0n) is 12.1. The molecule has 0 aliphatic rings. The van der Waals surface area contributed by atoms with E-state index >= 15 is 0 Å². The number of fused-ring (bicyclic) bond motifs is 1. The van der Waals surface area contributed by atoms with Gasteiger partial charge in [-0.1, -0.05) is 30.3 Å². The van der Waals surface area contributed by atoms with Crippen LogP contribution in [0.25, 0.3) is 11.0 Å². The number of hydrogen-bond donors (Lipinski definition) is 1. The number of nitrogens with one attached hydrogen (secondary N) is 1. The molecule has 0 saturated heterocycles. The molecule has 0 amide bonds. The summed E-state index contributed by atoms with van der Waals surface area (Å²) >= 11 is 0. The van der Waals surface area contributed by atoms with E-state index in [-0.39, 0.29) is 0 Å². The van der Waals surface area contributed by atoms with E-state index in [9.17, 15) is 0 Å². The summed E-state index contributed by atoms with van der Waals surface area (Å²) in [7, 11) is 1.68. The van der Waals surface area contributed by atoms with Gasteiger partial charge in [0.2, 0.25) is 0 Å². The van der Waals surface area contributed by atoms with E-state index in [1.54, 1.807) is 7.11 Å². The van der Waals surface area contributed by atoms with Crippen molar-refractivity contribution in [3.05, 3.63) is 65.9 Å². The number of methoxy groups -OCH3 is 1. The number of ether oxygens (including phenoxy) is 1. The van der Waals surface area contributed by atoms with Gasteiger partial charge in [-0.05, 0) is 42.8 Å². The summed E-state index contributed by atoms with van der Waals surface area (Å²) in [5.74, 6) is 1.87. The Balaban J connectivity index is 1.49. The molecule has 2 aromatic carbocycles. The van der Waals surface area contributed by atoms with Gasteiger partial charge in [-0.25, -0.2) is 0 Å². The summed E-state index contributed by atoms with van der Waals surface area (Å²) in [6.07, 6.45) is 0.990. The molecule has 3 heteroatoms. The van der Waals surface area contributed by atoms with Crippen LogP contribution in [0.2, 0.25) is 0 Å². The molecule has 0 saturated carbocycles. The van der Waals surface area contributed by atoms with E-state index in [1.165, 1.54) is 5.56 Å². The van der Waals surface area contributed by atoms with Gasteiger partial charge in [0.05, 0.1) is 13.7 Å². The molecule has 0 bridgehead atoms. The first kappa shape index (κ1) is 13.7. The van der Waals surface area contributed by atoms with Crippen LogP contribution in [0.1, 0.15) is 11.3 Å². The van der Waals surface area contributed by atoms with Gasteiger partial charge in [0.25, 0.3) is 0 Å². The van der Waals surface area contributed by atoms with Gasteiger partial charge in [0.15, 0.2) is 0 Å². The predicted octanol–water partition coefficient (Wildman–Crippen LogP) is 3.77. The summed E-state index contributed by atoms with van der Waals surface area (Å²) in [6.45, 7) is 1.67. The third kappa shape index (κ3) is 3.44. The Morgan fingerprint density at radius 1 is 1.05 bits per heavy atom. The molecule has 3 aromatic rings. The molecule has 0 aliphatic carbocycles. The highest BCUT2D eigenvalue weighted by Gasteiger charge is 2.02. The molecule has 0 spiro atoms. The Labute approximate surface area is 124 Å². The van der Waals surface area contributed by atoms with Crippen LogP contribution in [-0.2, 0) is 13.0 Å². The SMILES string of the molecule is COc1ccc(CCNCc2cc3ccccc3o2)cc1. The number of benzene rings is 2. The molecule has 0 unspecified atom stereocenters. The van der Waals surface area contributed by atoms with Crippen molar-refractivity contribution in [2.24, 2.45) is 0 Å². The van der Waals surface area contributed by atoms with Crippen LogP contribution in [0.4, 0.5) is 0 Å². The fraction of sp³-hybridized carbons (Fsp3) is 0.222. The summed E-state index contributed by atoms with van der Waals surface area (Å²) < 4.78 is 10.9. The molecule has 108 valence electrons. The van der Waals surface area contributed by atoms with E-state index in [2.05, 4.69) is 29.6 Å². The number of hydrogen-bond acceptors (Lipinski definition) is 3. The smallest absolute Gasteiger partial charge is 0.134 e. The largest absolute Gasteiger partial charge is 0.497 e. The Morgan fingerprint density at radius 2 is 1.86 bits per heavy atom. The fourth-order valence-electron chi connectivity index (χ4n) is 2.36. The van der Waals surface area contributed by atoms with E-state index in [0.717, 1.165) is 42.0 Å². The zero-order valence-corrected chi connectivity index (χ0v) is 12.1. The Hall–Kier alpha value is -2.26. The van der Waals surface area contributed by atoms with Crippen molar-refractivity contribution >= 4 is 11.0 Å². The van der Waals surface area contributed by atoms with Crippen molar-refractivity contribution in [1.29, 1.82) is 0 Å². The maximum Gasteiger partial charge on any atom is 0.134 e. The molecule has 0 radical (unpaired) electrons. The van der Waals surface area contributed by atoms with Crippen molar-refractivity contribution in [1.82, 2.24) is 5.32 Å². The van der Waals surface area contributed by atoms with Crippen LogP contribution in [0.15, 0.2) is 59.0 Å². The fourth-order valence-corrected chi connectivity index (χ4v) is 2.36. The van der Waals surface area contributed by atoms with Crippen molar-refractivity contribution in [2.75, 3.05) is 13.7 Å². The van der Waals surface area contributed by atoms with Crippen LogP contribution in [0, 0.1) is 0 Å². The summed E-state index contributed by atoms with van der Waals surface area (Å²) in [4.78, 5) is 0. The lowest BCUT2D eigenvalue weighted by Crippen LogP contribution is -2.16. The summed E-state index contributed by atoms with van der Waals surface area (Å²) in [5.41, 5.74) is 2.25. The first-order valence-electron chi connectivity index (χ1n) is 7.16. The minimum absolute atomic E-state index is 0.755. The second-order valence-electron chi connectivity index (χ2n) is 5.03. The number of para-hydroxylation sites is 1. The average molecular weight is 281 g/mol. The van der Waals surface area contributed by atoms with Gasteiger partial charge in [-0.3, -0.25) is 0 Å². The predicted molar refractivity (Wildman–Crippen MR) is 84.6 cm³/mol. The van der Waals surface area contributed by atoms with Crippen molar-refractivity contribution in [3.63, 3.8) is 0 Å². The monoisotopic (exact) mass is 281 g/mol. The molecule has 0 fully saturated rings. The standard InChI is InChI=1S/C18H19NO2/c1-20-16-8-6-14(7-9-16)10-11-19-13-17-12-15-4-2-3-5-18(15)21-17/h2-9,12,19H,10-11,13H2,1H3.